The van der Waals surface area contributed by atoms with Gasteiger partial charge in [-0.3, -0.25) is 9.59 Å². The molecular formula is C21H24FN3O2. The van der Waals surface area contributed by atoms with Crippen LogP contribution in [-0.4, -0.2) is 43.8 Å². The van der Waals surface area contributed by atoms with E-state index in [0.29, 0.717) is 24.3 Å². The number of carbonyl (C=O) groups is 2. The Balaban J connectivity index is 2.49. The molecule has 6 heteroatoms. The first-order valence-corrected chi connectivity index (χ1v) is 8.59. The van der Waals surface area contributed by atoms with Gasteiger partial charge in [0, 0.05) is 18.8 Å². The summed E-state index contributed by atoms with van der Waals surface area (Å²) >= 11 is 0. The minimum Gasteiger partial charge on any atom is -0.397 e. The first-order chi connectivity index (χ1) is 12.8. The molecule has 0 radical (unpaired) electrons. The highest BCUT2D eigenvalue weighted by Gasteiger charge is 2.26. The summed E-state index contributed by atoms with van der Waals surface area (Å²) in [7, 11) is 3.76. The molecule has 142 valence electrons. The molecule has 5 nitrogen and oxygen atoms in total. The number of carbonyl (C=O) groups excluding carboxylic acids is 2. The number of nitrogens with two attached hydrogens (primary N) is 1. The number of hydrogen-bond donors (Lipinski definition) is 1. The third-order valence-electron chi connectivity index (χ3n) is 4.07. The fourth-order valence-corrected chi connectivity index (χ4v) is 2.62. The Kier molecular flexibility index (Phi) is 6.85. The lowest BCUT2D eigenvalue weighted by atomic mass is 10.0. The molecule has 0 saturated carbocycles. The van der Waals surface area contributed by atoms with Gasteiger partial charge in [0.2, 0.25) is 0 Å². The van der Waals surface area contributed by atoms with Crippen LogP contribution in [0.2, 0.25) is 0 Å². The van der Waals surface area contributed by atoms with Gasteiger partial charge in [0.25, 0.3) is 5.91 Å². The SMILES string of the molecule is CC(=O)/C(C(=O)N(CCN(C)C)c1ccc(F)cc1)=C(/N)c1ccccc1. The molecule has 2 aromatic rings. The molecule has 0 aliphatic heterocycles. The standard InChI is InChI=1S/C21H24FN3O2/c1-15(26)19(20(23)16-7-5-4-6-8-16)21(27)25(14-13-24(2)3)18-11-9-17(22)10-12-18/h4-12H,13-14,23H2,1-3H3/b20-19-. The molecule has 1 amide bonds. The average Bonchev–Trinajstić information content (AvgIpc) is 2.63. The maximum absolute atomic E-state index is 13.3. The van der Waals surface area contributed by atoms with Crippen LogP contribution in [0, 0.1) is 5.82 Å². The van der Waals surface area contributed by atoms with Gasteiger partial charge in [-0.05, 0) is 50.8 Å². The van der Waals surface area contributed by atoms with Crippen LogP contribution in [0.4, 0.5) is 10.1 Å². The van der Waals surface area contributed by atoms with Crippen LogP contribution in [0.5, 0.6) is 0 Å². The molecule has 0 atom stereocenters. The smallest absolute Gasteiger partial charge is 0.264 e. The second-order valence-corrected chi connectivity index (χ2v) is 6.45. The summed E-state index contributed by atoms with van der Waals surface area (Å²) in [5.74, 6) is -1.32. The van der Waals surface area contributed by atoms with Gasteiger partial charge < -0.3 is 15.5 Å². The molecule has 0 bridgehead atoms. The zero-order valence-corrected chi connectivity index (χ0v) is 15.8. The van der Waals surface area contributed by atoms with Crippen molar-refractivity contribution in [1.29, 1.82) is 0 Å². The van der Waals surface area contributed by atoms with Crippen LogP contribution in [0.25, 0.3) is 5.70 Å². The molecule has 2 N–H and O–H groups in total. The Bertz CT molecular complexity index is 830. The molecule has 0 spiro atoms. The van der Waals surface area contributed by atoms with Gasteiger partial charge in [-0.25, -0.2) is 4.39 Å². The van der Waals surface area contributed by atoms with E-state index in [1.165, 1.54) is 36.1 Å². The minimum atomic E-state index is -0.502. The summed E-state index contributed by atoms with van der Waals surface area (Å²) in [6, 6.07) is 14.5. The van der Waals surface area contributed by atoms with Crippen molar-refractivity contribution in [1.82, 2.24) is 4.90 Å². The number of rotatable bonds is 7. The molecule has 0 heterocycles. The Labute approximate surface area is 158 Å². The van der Waals surface area contributed by atoms with Gasteiger partial charge in [0.15, 0.2) is 5.78 Å². The number of hydrogen-bond acceptors (Lipinski definition) is 4. The van der Waals surface area contributed by atoms with Crippen LogP contribution in [0.1, 0.15) is 12.5 Å². The molecule has 0 fully saturated rings. The van der Waals surface area contributed by atoms with E-state index >= 15 is 0 Å². The van der Waals surface area contributed by atoms with Crippen LogP contribution in [0.3, 0.4) is 0 Å². The Morgan fingerprint density at radius 1 is 0.963 bits per heavy atom. The summed E-state index contributed by atoms with van der Waals surface area (Å²) in [5.41, 5.74) is 7.33. The number of nitrogens with zero attached hydrogens (tertiary/aromatic N) is 2. The Morgan fingerprint density at radius 2 is 1.56 bits per heavy atom. The van der Waals surface area contributed by atoms with Crippen LogP contribution in [-0.2, 0) is 9.59 Å². The number of halogens is 1. The van der Waals surface area contributed by atoms with E-state index < -0.39 is 17.5 Å². The van der Waals surface area contributed by atoms with Gasteiger partial charge in [-0.15, -0.1) is 0 Å². The average molecular weight is 369 g/mol. The fourth-order valence-electron chi connectivity index (χ4n) is 2.62. The van der Waals surface area contributed by atoms with Gasteiger partial charge >= 0.3 is 0 Å². The zero-order valence-electron chi connectivity index (χ0n) is 15.8. The highest BCUT2D eigenvalue weighted by Crippen LogP contribution is 2.21. The number of amides is 1. The van der Waals surface area contributed by atoms with Gasteiger partial charge in [-0.2, -0.15) is 0 Å². The second kappa shape index (κ2) is 9.09. The second-order valence-electron chi connectivity index (χ2n) is 6.45. The minimum absolute atomic E-state index is 0.0794. The summed E-state index contributed by atoms with van der Waals surface area (Å²) in [6.07, 6.45) is 0. The molecule has 2 aromatic carbocycles. The van der Waals surface area contributed by atoms with E-state index in [2.05, 4.69) is 0 Å². The first kappa shape index (κ1) is 20.3. The predicted molar refractivity (Wildman–Crippen MR) is 106 cm³/mol. The topological polar surface area (TPSA) is 66.6 Å². The van der Waals surface area contributed by atoms with Crippen molar-refractivity contribution in [2.24, 2.45) is 5.73 Å². The number of anilines is 1. The monoisotopic (exact) mass is 369 g/mol. The Morgan fingerprint density at radius 3 is 2.07 bits per heavy atom. The number of ketones is 1. The molecule has 0 saturated heterocycles. The molecular weight excluding hydrogens is 345 g/mol. The fraction of sp³-hybridized carbons (Fsp3) is 0.238. The van der Waals surface area contributed by atoms with Gasteiger partial charge in [-0.1, -0.05) is 30.3 Å². The van der Waals surface area contributed by atoms with Crippen LogP contribution >= 0.6 is 0 Å². The summed E-state index contributed by atoms with van der Waals surface area (Å²) in [6.45, 7) is 2.22. The number of likely N-dealkylation sites (N-methyl/N-ethyl adjacent to an activating group) is 1. The van der Waals surface area contributed by atoms with E-state index in [4.69, 9.17) is 5.73 Å². The number of Topliss-reactive ketones (excluding diaryl/α,β-unsaturated/α-hetero) is 1. The van der Waals surface area contributed by atoms with Crippen molar-refractivity contribution in [2.45, 2.75) is 6.92 Å². The first-order valence-electron chi connectivity index (χ1n) is 8.59. The lowest BCUT2D eigenvalue weighted by Gasteiger charge is -2.26. The third-order valence-corrected chi connectivity index (χ3v) is 4.07. The van der Waals surface area contributed by atoms with Crippen LogP contribution < -0.4 is 10.6 Å². The predicted octanol–water partition coefficient (Wildman–Crippen LogP) is 2.68. The third kappa shape index (κ3) is 5.24. The maximum atomic E-state index is 13.3. The zero-order chi connectivity index (χ0) is 20.0. The molecule has 0 aromatic heterocycles. The van der Waals surface area contributed by atoms with E-state index in [1.54, 1.807) is 24.3 Å². The molecule has 27 heavy (non-hydrogen) atoms. The van der Waals surface area contributed by atoms with E-state index in [1.807, 2.05) is 25.1 Å². The molecule has 0 aliphatic carbocycles. The van der Waals surface area contributed by atoms with Crippen molar-refractivity contribution in [3.8, 4) is 0 Å². The molecule has 0 aliphatic rings. The van der Waals surface area contributed by atoms with E-state index in [9.17, 15) is 14.0 Å². The maximum Gasteiger partial charge on any atom is 0.264 e. The highest BCUT2D eigenvalue weighted by molar-refractivity contribution is 6.27. The van der Waals surface area contributed by atoms with Crippen molar-refractivity contribution in [3.05, 3.63) is 71.6 Å². The van der Waals surface area contributed by atoms with Gasteiger partial charge in [0.1, 0.15) is 11.4 Å². The normalized spacial score (nSPS) is 11.9. The Hall–Kier alpha value is -2.99. The van der Waals surface area contributed by atoms with Crippen molar-refractivity contribution in [3.63, 3.8) is 0 Å². The number of benzene rings is 2. The summed E-state index contributed by atoms with van der Waals surface area (Å²) in [5, 5.41) is 0. The lowest BCUT2D eigenvalue weighted by Crippen LogP contribution is -2.39. The summed E-state index contributed by atoms with van der Waals surface area (Å²) < 4.78 is 13.3. The quantitative estimate of drug-likeness (QED) is 0.463. The van der Waals surface area contributed by atoms with E-state index in [0.717, 1.165) is 0 Å². The lowest BCUT2D eigenvalue weighted by molar-refractivity contribution is -0.120. The van der Waals surface area contributed by atoms with Crippen molar-refractivity contribution in [2.75, 3.05) is 32.1 Å². The van der Waals surface area contributed by atoms with E-state index in [-0.39, 0.29) is 11.3 Å². The highest BCUT2D eigenvalue weighted by atomic mass is 19.1. The molecule has 2 rings (SSSR count). The molecule has 0 unspecified atom stereocenters. The van der Waals surface area contributed by atoms with Crippen molar-refractivity contribution < 1.29 is 14.0 Å². The van der Waals surface area contributed by atoms with Crippen LogP contribution in [0.15, 0.2) is 60.2 Å². The summed E-state index contributed by atoms with van der Waals surface area (Å²) in [4.78, 5) is 28.9. The van der Waals surface area contributed by atoms with Crippen molar-refractivity contribution >= 4 is 23.1 Å². The van der Waals surface area contributed by atoms with Gasteiger partial charge in [0.05, 0.1) is 5.70 Å². The largest absolute Gasteiger partial charge is 0.397 e.